The van der Waals surface area contributed by atoms with Gasteiger partial charge in [0.25, 0.3) is 11.8 Å². The maximum atomic E-state index is 12.7. The molecule has 0 radical (unpaired) electrons. The Balaban J connectivity index is 0.000000298. The molecule has 2 heterocycles. The van der Waals surface area contributed by atoms with Crippen LogP contribution in [0.5, 0.6) is 11.5 Å². The topological polar surface area (TPSA) is 273 Å². The molecule has 8 aromatic rings. The minimum absolute atomic E-state index is 0. The SMILES string of the molecule is CN.CNCc1cc(C(N)=O)c2ncnc(NCc3cccc(CC(=O)c4ccc(OC)cc4)c3)c2c1.COc1ccc(C(=O)Cc2cccc(CNc3ncnc4c(C(N)=O)cc(CO)cc34)c2)cc1.[H-].[K+]. The first-order chi connectivity index (χ1) is 34.5. The zero-order valence-electron chi connectivity index (χ0n) is 41.9. The number of nitrogens with zero attached hydrogens (tertiary/aromatic N) is 4. The molecule has 8 rings (SSSR count). The van der Waals surface area contributed by atoms with Crippen molar-refractivity contribution in [3.8, 4) is 11.5 Å². The minimum atomic E-state index is -0.626. The number of fused-ring (bicyclic) bond motifs is 2. The number of primary amides is 2. The molecule has 18 heteroatoms. The van der Waals surface area contributed by atoms with Crippen molar-refractivity contribution >= 4 is 56.8 Å². The summed E-state index contributed by atoms with van der Waals surface area (Å²) in [6.45, 7) is 1.26. The van der Waals surface area contributed by atoms with Gasteiger partial charge < -0.3 is 49.2 Å². The number of nitrogens with two attached hydrogens (primary N) is 3. The largest absolute Gasteiger partial charge is 1.00 e. The van der Waals surface area contributed by atoms with Crippen LogP contribution in [-0.4, -0.2) is 76.7 Å². The number of ketones is 2. The average molecular weight is 997 g/mol. The summed E-state index contributed by atoms with van der Waals surface area (Å²) in [5.41, 5.74) is 23.6. The second kappa shape index (κ2) is 27.6. The molecule has 0 spiro atoms. The summed E-state index contributed by atoms with van der Waals surface area (Å²) in [5, 5.41) is 20.6. The molecule has 2 amide bonds. The molecule has 10 N–H and O–H groups in total. The quantitative estimate of drug-likeness (QED) is 0.0452. The van der Waals surface area contributed by atoms with Gasteiger partial charge in [0.1, 0.15) is 35.8 Å². The Bertz CT molecular complexity index is 3160. The van der Waals surface area contributed by atoms with Crippen molar-refractivity contribution in [2.45, 2.75) is 39.1 Å². The van der Waals surface area contributed by atoms with Crippen molar-refractivity contribution in [2.24, 2.45) is 17.2 Å². The van der Waals surface area contributed by atoms with Gasteiger partial charge in [0.05, 0.1) is 43.0 Å². The van der Waals surface area contributed by atoms with Crippen molar-refractivity contribution in [1.29, 1.82) is 0 Å². The molecule has 0 fully saturated rings. The number of nitrogens with one attached hydrogen (secondary N) is 3. The fourth-order valence-electron chi connectivity index (χ4n) is 7.71. The van der Waals surface area contributed by atoms with E-state index in [4.69, 9.17) is 20.9 Å². The third-order valence-electron chi connectivity index (χ3n) is 11.1. The van der Waals surface area contributed by atoms with Crippen LogP contribution in [0.3, 0.4) is 0 Å². The van der Waals surface area contributed by atoms with E-state index >= 15 is 0 Å². The fraction of sp³-hybridized carbons (Fsp3) is 0.185. The number of hydrogen-bond acceptors (Lipinski definition) is 15. The molecule has 2 aromatic heterocycles. The van der Waals surface area contributed by atoms with Gasteiger partial charge in [-0.05, 0) is 120 Å². The van der Waals surface area contributed by atoms with Crippen LogP contribution in [0.4, 0.5) is 11.6 Å². The van der Waals surface area contributed by atoms with E-state index in [-0.39, 0.29) is 83.0 Å². The van der Waals surface area contributed by atoms with E-state index in [0.717, 1.165) is 33.2 Å². The number of aliphatic hydroxyl groups excluding tert-OH is 1. The van der Waals surface area contributed by atoms with Gasteiger partial charge in [0.15, 0.2) is 11.6 Å². The third kappa shape index (κ3) is 14.8. The second-order valence-corrected chi connectivity index (χ2v) is 15.9. The van der Waals surface area contributed by atoms with E-state index < -0.39 is 11.8 Å². The standard InChI is InChI=1S/C27H27N5O3.C26H24N4O4.CH5N.K.H/c1-29-14-19-11-22(26(28)34)25-23(12-19)27(32-16-31-25)30-15-18-5-3-4-17(10-18)13-24(33)20-6-8-21(35-2)9-7-20;1-34-20-7-5-19(6-8-20)23(32)12-16-3-2-4-17(9-16)13-28-26-22-11-18(14-31)10-21(25(27)33)24(22)29-15-30-26;1-2;;/h3-12,16,29H,13-15H2,1-2H3,(H2,28,34)(H,30,31,32);2-11,15,31H,12-14H2,1H3,(H2,27,33)(H,28,29,30);2H2,1H3;;/q;;;+1;-1. The number of carbonyl (C=O) groups excluding carboxylic acids is 4. The summed E-state index contributed by atoms with van der Waals surface area (Å²) in [6.07, 6.45) is 3.35. The third-order valence-corrected chi connectivity index (χ3v) is 11.1. The number of methoxy groups -OCH3 is 2. The maximum Gasteiger partial charge on any atom is 1.00 e. The van der Waals surface area contributed by atoms with Gasteiger partial charge in [-0.15, -0.1) is 0 Å². The van der Waals surface area contributed by atoms with Gasteiger partial charge in [-0.2, -0.15) is 0 Å². The molecule has 0 aliphatic rings. The summed E-state index contributed by atoms with van der Waals surface area (Å²) in [5.74, 6) is 1.44. The summed E-state index contributed by atoms with van der Waals surface area (Å²) >= 11 is 0. The smallest absolute Gasteiger partial charge is 1.00 e. The van der Waals surface area contributed by atoms with Crippen molar-refractivity contribution in [2.75, 3.05) is 38.9 Å². The Morgan fingerprint density at radius 3 is 1.33 bits per heavy atom. The second-order valence-electron chi connectivity index (χ2n) is 15.9. The number of hydrogen-bond donors (Lipinski definition) is 7. The van der Waals surface area contributed by atoms with Crippen LogP contribution < -0.4 is 94.0 Å². The maximum absolute atomic E-state index is 12.7. The minimum Gasteiger partial charge on any atom is -1.00 e. The number of anilines is 2. The van der Waals surface area contributed by atoms with Gasteiger partial charge in [-0.25, -0.2) is 19.9 Å². The Kier molecular flexibility index (Phi) is 21.4. The molecule has 0 saturated heterocycles. The summed E-state index contributed by atoms with van der Waals surface area (Å²) < 4.78 is 10.3. The predicted octanol–water partition coefficient (Wildman–Crippen LogP) is 3.45. The number of ether oxygens (including phenoxy) is 2. The molecular weight excluding hydrogens is 940 g/mol. The van der Waals surface area contributed by atoms with Crippen LogP contribution >= 0.6 is 0 Å². The van der Waals surface area contributed by atoms with Crippen LogP contribution in [0.15, 0.2) is 134 Å². The van der Waals surface area contributed by atoms with Crippen LogP contribution in [-0.2, 0) is 39.1 Å². The normalized spacial score (nSPS) is 10.4. The molecule has 0 saturated carbocycles. The first-order valence-electron chi connectivity index (χ1n) is 22.4. The van der Waals surface area contributed by atoms with Gasteiger partial charge in [0, 0.05) is 54.4 Å². The van der Waals surface area contributed by atoms with E-state index in [1.165, 1.54) is 25.8 Å². The van der Waals surface area contributed by atoms with Gasteiger partial charge >= 0.3 is 51.4 Å². The molecule has 366 valence electrons. The molecule has 6 aromatic carbocycles. The van der Waals surface area contributed by atoms with Gasteiger partial charge in [-0.3, -0.25) is 19.2 Å². The van der Waals surface area contributed by atoms with E-state index in [1.807, 2.05) is 61.6 Å². The monoisotopic (exact) mass is 996 g/mol. The summed E-state index contributed by atoms with van der Waals surface area (Å²) in [4.78, 5) is 66.4. The number of rotatable bonds is 19. The van der Waals surface area contributed by atoms with Crippen molar-refractivity contribution in [3.63, 3.8) is 0 Å². The van der Waals surface area contributed by atoms with Crippen LogP contribution in [0.1, 0.15) is 76.2 Å². The number of benzene rings is 6. The zero-order chi connectivity index (χ0) is 50.9. The van der Waals surface area contributed by atoms with Crippen LogP contribution in [0, 0.1) is 0 Å². The van der Waals surface area contributed by atoms with Crippen LogP contribution in [0.2, 0.25) is 0 Å². The molecule has 0 aliphatic carbocycles. The van der Waals surface area contributed by atoms with Gasteiger partial charge in [-0.1, -0.05) is 48.5 Å². The fourth-order valence-corrected chi connectivity index (χ4v) is 7.71. The summed E-state index contributed by atoms with van der Waals surface area (Å²) in [6, 6.07) is 36.7. The molecular formula is C54H57KN10O7. The molecule has 0 bridgehead atoms. The Morgan fingerprint density at radius 1 is 0.542 bits per heavy atom. The van der Waals surface area contributed by atoms with E-state index in [1.54, 1.807) is 74.9 Å². The Morgan fingerprint density at radius 2 is 0.944 bits per heavy atom. The number of amides is 2. The Labute approximate surface area is 461 Å². The first-order valence-corrected chi connectivity index (χ1v) is 22.4. The number of aliphatic hydroxyl groups is 1. The molecule has 0 aliphatic heterocycles. The van der Waals surface area contributed by atoms with Gasteiger partial charge in [0.2, 0.25) is 0 Å². The molecule has 17 nitrogen and oxygen atoms in total. The number of Topliss-reactive ketones (excluding diaryl/α,β-unsaturated/α-hetero) is 2. The van der Waals surface area contributed by atoms with Crippen molar-refractivity contribution < 1.29 is 86.6 Å². The molecule has 0 atom stereocenters. The average Bonchev–Trinajstić information content (AvgIpc) is 3.40. The number of aromatic nitrogens is 4. The molecule has 0 unspecified atom stereocenters. The first kappa shape index (κ1) is 55.9. The summed E-state index contributed by atoms with van der Waals surface area (Å²) in [7, 11) is 6.52. The van der Waals surface area contributed by atoms with Crippen molar-refractivity contribution in [1.82, 2.24) is 25.3 Å². The molecule has 72 heavy (non-hydrogen) atoms. The zero-order valence-corrected chi connectivity index (χ0v) is 44.0. The van der Waals surface area contributed by atoms with E-state index in [9.17, 15) is 24.3 Å². The van der Waals surface area contributed by atoms with Crippen LogP contribution in [0.25, 0.3) is 21.8 Å². The van der Waals surface area contributed by atoms with E-state index in [0.29, 0.717) is 87.9 Å². The Hall–Kier alpha value is -7.00. The van der Waals surface area contributed by atoms with E-state index in [2.05, 4.69) is 41.6 Å². The number of carbonyl (C=O) groups is 4. The predicted molar refractivity (Wildman–Crippen MR) is 276 cm³/mol. The van der Waals surface area contributed by atoms with Crippen molar-refractivity contribution in [3.05, 3.63) is 190 Å².